The van der Waals surface area contributed by atoms with Crippen LogP contribution in [0.3, 0.4) is 0 Å². The summed E-state index contributed by atoms with van der Waals surface area (Å²) in [4.78, 5) is 12.2. The van der Waals surface area contributed by atoms with Crippen LogP contribution in [0.15, 0.2) is 36.9 Å². The molecule has 1 aliphatic heterocycles. The average Bonchev–Trinajstić information content (AvgIpc) is 2.39. The zero-order valence-electron chi connectivity index (χ0n) is 9.02. The van der Waals surface area contributed by atoms with Gasteiger partial charge in [-0.2, -0.15) is 0 Å². The standard InChI is InChI=1S/C13H14OS2/c1-10(11-6-3-2-4-7-11)12(14)13-15-8-5-9-16-13/h2-4,6-7,13H,1,5,8-9H2. The van der Waals surface area contributed by atoms with E-state index in [4.69, 9.17) is 0 Å². The third-order valence-corrected chi connectivity index (χ3v) is 5.36. The fourth-order valence-corrected chi connectivity index (χ4v) is 4.35. The van der Waals surface area contributed by atoms with Gasteiger partial charge in [0.05, 0.1) is 0 Å². The number of benzene rings is 1. The summed E-state index contributed by atoms with van der Waals surface area (Å²) in [6.45, 7) is 3.92. The first-order valence-corrected chi connectivity index (χ1v) is 7.40. The lowest BCUT2D eigenvalue weighted by Crippen LogP contribution is -2.19. The molecule has 0 aromatic heterocycles. The first-order chi connectivity index (χ1) is 7.79. The molecule has 0 bridgehead atoms. The Morgan fingerprint density at radius 1 is 1.19 bits per heavy atom. The molecule has 0 amide bonds. The van der Waals surface area contributed by atoms with Gasteiger partial charge in [0.1, 0.15) is 4.58 Å². The van der Waals surface area contributed by atoms with Gasteiger partial charge in [0.2, 0.25) is 0 Å². The molecule has 1 fully saturated rings. The summed E-state index contributed by atoms with van der Waals surface area (Å²) in [6, 6.07) is 9.71. The van der Waals surface area contributed by atoms with Gasteiger partial charge in [-0.3, -0.25) is 4.79 Å². The molecular weight excluding hydrogens is 236 g/mol. The largest absolute Gasteiger partial charge is 0.292 e. The third kappa shape index (κ3) is 2.71. The van der Waals surface area contributed by atoms with Crippen LogP contribution in [-0.4, -0.2) is 21.9 Å². The summed E-state index contributed by atoms with van der Waals surface area (Å²) in [7, 11) is 0. The van der Waals surface area contributed by atoms with Crippen LogP contribution >= 0.6 is 23.5 Å². The SMILES string of the molecule is C=C(C(=O)C1SCCCS1)c1ccccc1. The van der Waals surface area contributed by atoms with E-state index < -0.39 is 0 Å². The molecule has 1 aromatic carbocycles. The fourth-order valence-electron chi connectivity index (χ4n) is 1.56. The molecule has 0 aliphatic carbocycles. The summed E-state index contributed by atoms with van der Waals surface area (Å²) in [6.07, 6.45) is 1.21. The van der Waals surface area contributed by atoms with Crippen molar-refractivity contribution in [3.8, 4) is 0 Å². The quantitative estimate of drug-likeness (QED) is 0.765. The highest BCUT2D eigenvalue weighted by Crippen LogP contribution is 2.34. The van der Waals surface area contributed by atoms with E-state index >= 15 is 0 Å². The molecule has 1 aliphatic rings. The molecule has 0 atom stereocenters. The highest BCUT2D eigenvalue weighted by molar-refractivity contribution is 8.18. The Kier molecular flexibility index (Phi) is 4.13. The summed E-state index contributed by atoms with van der Waals surface area (Å²) in [5.74, 6) is 2.36. The Morgan fingerprint density at radius 3 is 2.44 bits per heavy atom. The summed E-state index contributed by atoms with van der Waals surface area (Å²) in [5, 5.41) is 0. The van der Waals surface area contributed by atoms with Gasteiger partial charge in [-0.15, -0.1) is 23.5 Å². The smallest absolute Gasteiger partial charge is 0.185 e. The molecule has 1 nitrogen and oxygen atoms in total. The van der Waals surface area contributed by atoms with Gasteiger partial charge in [0.25, 0.3) is 0 Å². The van der Waals surface area contributed by atoms with Crippen LogP contribution in [0.1, 0.15) is 12.0 Å². The van der Waals surface area contributed by atoms with Crippen molar-refractivity contribution in [3.63, 3.8) is 0 Å². The Morgan fingerprint density at radius 2 is 1.81 bits per heavy atom. The normalized spacial score (nSPS) is 17.0. The van der Waals surface area contributed by atoms with E-state index in [-0.39, 0.29) is 10.4 Å². The lowest BCUT2D eigenvalue weighted by Gasteiger charge is -2.20. The van der Waals surface area contributed by atoms with Crippen LogP contribution in [0, 0.1) is 0 Å². The topological polar surface area (TPSA) is 17.1 Å². The predicted octanol–water partition coefficient (Wildman–Crippen LogP) is 3.47. The lowest BCUT2D eigenvalue weighted by atomic mass is 10.0. The first kappa shape index (κ1) is 11.8. The second-order valence-corrected chi connectivity index (χ2v) is 6.36. The molecule has 0 spiro atoms. The lowest BCUT2D eigenvalue weighted by molar-refractivity contribution is -0.112. The van der Waals surface area contributed by atoms with Crippen molar-refractivity contribution in [2.45, 2.75) is 11.0 Å². The summed E-state index contributed by atoms with van der Waals surface area (Å²) >= 11 is 3.49. The molecule has 0 unspecified atom stereocenters. The Balaban J connectivity index is 2.07. The number of Topliss-reactive ketones (excluding diaryl/α,β-unsaturated/α-hetero) is 1. The van der Waals surface area contributed by atoms with Gasteiger partial charge in [0.15, 0.2) is 5.78 Å². The maximum atomic E-state index is 12.2. The van der Waals surface area contributed by atoms with Gasteiger partial charge < -0.3 is 0 Å². The molecule has 84 valence electrons. The monoisotopic (exact) mass is 250 g/mol. The van der Waals surface area contributed by atoms with Gasteiger partial charge >= 0.3 is 0 Å². The maximum Gasteiger partial charge on any atom is 0.185 e. The zero-order valence-corrected chi connectivity index (χ0v) is 10.7. The predicted molar refractivity (Wildman–Crippen MR) is 73.8 cm³/mol. The molecule has 1 saturated heterocycles. The van der Waals surface area contributed by atoms with Crippen LogP contribution in [0.25, 0.3) is 5.57 Å². The van der Waals surface area contributed by atoms with Gasteiger partial charge in [-0.05, 0) is 23.5 Å². The van der Waals surface area contributed by atoms with Crippen molar-refractivity contribution in [2.24, 2.45) is 0 Å². The van der Waals surface area contributed by atoms with Crippen molar-refractivity contribution >= 4 is 34.9 Å². The number of ketones is 1. The van der Waals surface area contributed by atoms with E-state index in [2.05, 4.69) is 6.58 Å². The number of thioether (sulfide) groups is 2. The average molecular weight is 250 g/mol. The Hall–Kier alpha value is -0.670. The van der Waals surface area contributed by atoms with E-state index in [9.17, 15) is 4.79 Å². The van der Waals surface area contributed by atoms with Crippen LogP contribution in [0.2, 0.25) is 0 Å². The van der Waals surface area contributed by atoms with E-state index in [1.54, 1.807) is 23.5 Å². The van der Waals surface area contributed by atoms with Gasteiger partial charge in [-0.1, -0.05) is 36.9 Å². The van der Waals surface area contributed by atoms with Crippen molar-refractivity contribution < 1.29 is 4.79 Å². The van der Waals surface area contributed by atoms with Gasteiger partial charge in [0, 0.05) is 5.57 Å². The minimum Gasteiger partial charge on any atom is -0.292 e. The number of hydrogen-bond donors (Lipinski definition) is 0. The second kappa shape index (κ2) is 5.60. The van der Waals surface area contributed by atoms with E-state index in [1.165, 1.54) is 6.42 Å². The molecule has 0 radical (unpaired) electrons. The summed E-state index contributed by atoms with van der Waals surface area (Å²) < 4.78 is 0.0569. The van der Waals surface area contributed by atoms with Crippen molar-refractivity contribution in [1.29, 1.82) is 0 Å². The third-order valence-electron chi connectivity index (χ3n) is 2.46. The fraction of sp³-hybridized carbons (Fsp3) is 0.308. The van der Waals surface area contributed by atoms with Crippen molar-refractivity contribution in [1.82, 2.24) is 0 Å². The van der Waals surface area contributed by atoms with Crippen LogP contribution < -0.4 is 0 Å². The second-order valence-electron chi connectivity index (χ2n) is 3.64. The van der Waals surface area contributed by atoms with Crippen LogP contribution in [-0.2, 0) is 4.79 Å². The van der Waals surface area contributed by atoms with E-state index in [1.807, 2.05) is 30.3 Å². The molecule has 3 heteroatoms. The van der Waals surface area contributed by atoms with Crippen molar-refractivity contribution in [3.05, 3.63) is 42.5 Å². The first-order valence-electron chi connectivity index (χ1n) is 5.31. The van der Waals surface area contributed by atoms with Gasteiger partial charge in [-0.25, -0.2) is 0 Å². The van der Waals surface area contributed by atoms with E-state index in [0.717, 1.165) is 17.1 Å². The number of carbonyl (C=O) groups is 1. The molecule has 1 aromatic rings. The molecule has 16 heavy (non-hydrogen) atoms. The molecule has 0 saturated carbocycles. The highest BCUT2D eigenvalue weighted by atomic mass is 32.2. The van der Waals surface area contributed by atoms with Crippen LogP contribution in [0.4, 0.5) is 0 Å². The molecule has 0 N–H and O–H groups in total. The summed E-state index contributed by atoms with van der Waals surface area (Å²) in [5.41, 5.74) is 1.59. The number of carbonyl (C=O) groups excluding carboxylic acids is 1. The van der Waals surface area contributed by atoms with Crippen molar-refractivity contribution in [2.75, 3.05) is 11.5 Å². The molecule has 2 rings (SSSR count). The number of rotatable bonds is 3. The number of allylic oxidation sites excluding steroid dienone is 1. The molecular formula is C13H14OS2. The number of hydrogen-bond acceptors (Lipinski definition) is 3. The maximum absolute atomic E-state index is 12.2. The Labute approximate surface area is 105 Å². The highest BCUT2D eigenvalue weighted by Gasteiger charge is 2.24. The zero-order chi connectivity index (χ0) is 11.4. The van der Waals surface area contributed by atoms with E-state index in [0.29, 0.717) is 5.57 Å². The van der Waals surface area contributed by atoms with Crippen LogP contribution in [0.5, 0.6) is 0 Å². The minimum atomic E-state index is 0.0569. The Bertz CT molecular complexity index is 380. The molecule has 1 heterocycles. The minimum absolute atomic E-state index is 0.0569.